The molecule has 0 amide bonds. The van der Waals surface area contributed by atoms with Crippen LogP contribution in [0, 0.1) is 5.82 Å². The Balaban J connectivity index is 0.000000921. The minimum Gasteiger partial charge on any atom is -0.298 e. The van der Waals surface area contributed by atoms with Gasteiger partial charge in [-0.05, 0) is 12.1 Å². The smallest absolute Gasteiger partial charge is 0.298 e. The molecule has 1 nitrogen and oxygen atoms in total. The van der Waals surface area contributed by atoms with Crippen LogP contribution in [0.5, 0.6) is 0 Å². The first-order valence-electron chi connectivity index (χ1n) is 3.77. The summed E-state index contributed by atoms with van der Waals surface area (Å²) in [4.78, 5) is 10.1. The molecule has 1 rings (SSSR count). The van der Waals surface area contributed by atoms with Gasteiger partial charge in [-0.25, -0.2) is 4.39 Å². The van der Waals surface area contributed by atoms with E-state index in [4.69, 9.17) is 0 Å². The molecule has 0 saturated carbocycles. The highest BCUT2D eigenvalue weighted by molar-refractivity contribution is 5.75. The standard InChI is InChI=1S/C8H4F4O.C2H4/c9-7-5(4-13)2-1-3-6(7)8(10,11)12;1-2/h1-4H;1-2H2. The fraction of sp³-hybridized carbons (Fsp3) is 0.100. The number of hydrogen-bond acceptors (Lipinski definition) is 1. The Hall–Kier alpha value is -1.65. The summed E-state index contributed by atoms with van der Waals surface area (Å²) in [6, 6.07) is 2.55. The zero-order chi connectivity index (χ0) is 12.1. The molecule has 0 fully saturated rings. The van der Waals surface area contributed by atoms with Gasteiger partial charge in [-0.2, -0.15) is 13.2 Å². The highest BCUT2D eigenvalue weighted by Crippen LogP contribution is 2.31. The molecule has 15 heavy (non-hydrogen) atoms. The molecule has 0 bridgehead atoms. The van der Waals surface area contributed by atoms with Gasteiger partial charge in [0.25, 0.3) is 0 Å². The number of hydrogen-bond donors (Lipinski definition) is 0. The molecule has 1 aromatic carbocycles. The Kier molecular flexibility index (Phi) is 4.70. The van der Waals surface area contributed by atoms with Gasteiger partial charge in [-0.3, -0.25) is 4.79 Å². The van der Waals surface area contributed by atoms with Crippen LogP contribution >= 0.6 is 0 Å². The Labute approximate surface area is 84.0 Å². The molecule has 0 aliphatic carbocycles. The van der Waals surface area contributed by atoms with Crippen LogP contribution in [0.2, 0.25) is 0 Å². The summed E-state index contributed by atoms with van der Waals surface area (Å²) in [5, 5.41) is 0. The average Bonchev–Trinajstić information content (AvgIpc) is 2.19. The molecule has 0 spiro atoms. The number of carbonyl (C=O) groups is 1. The van der Waals surface area contributed by atoms with E-state index < -0.39 is 23.1 Å². The number of alkyl halides is 3. The number of benzene rings is 1. The van der Waals surface area contributed by atoms with Gasteiger partial charge in [0.2, 0.25) is 0 Å². The average molecular weight is 220 g/mol. The topological polar surface area (TPSA) is 17.1 Å². The van der Waals surface area contributed by atoms with E-state index in [9.17, 15) is 22.4 Å². The zero-order valence-electron chi connectivity index (χ0n) is 7.64. The Bertz CT molecular complexity index is 344. The molecule has 0 atom stereocenters. The van der Waals surface area contributed by atoms with Crippen molar-refractivity contribution in [3.05, 3.63) is 48.3 Å². The van der Waals surface area contributed by atoms with E-state index in [2.05, 4.69) is 13.2 Å². The lowest BCUT2D eigenvalue weighted by Crippen LogP contribution is -2.09. The maximum absolute atomic E-state index is 12.8. The third-order valence-corrected chi connectivity index (χ3v) is 1.46. The van der Waals surface area contributed by atoms with Crippen molar-refractivity contribution in [3.8, 4) is 0 Å². The van der Waals surface area contributed by atoms with E-state index in [0.29, 0.717) is 6.07 Å². The quantitative estimate of drug-likeness (QED) is 0.402. The van der Waals surface area contributed by atoms with Gasteiger partial charge < -0.3 is 0 Å². The number of halogens is 4. The Morgan fingerprint density at radius 3 is 2.13 bits per heavy atom. The van der Waals surface area contributed by atoms with Crippen LogP contribution in [-0.2, 0) is 6.18 Å². The summed E-state index contributed by atoms with van der Waals surface area (Å²) in [6.07, 6.45) is -4.71. The molecule has 1 aromatic rings. The van der Waals surface area contributed by atoms with E-state index in [1.54, 1.807) is 0 Å². The van der Waals surface area contributed by atoms with Crippen LogP contribution < -0.4 is 0 Å². The summed E-state index contributed by atoms with van der Waals surface area (Å²) < 4.78 is 48.8. The van der Waals surface area contributed by atoms with Gasteiger partial charge in [-0.1, -0.05) is 6.07 Å². The van der Waals surface area contributed by atoms with Gasteiger partial charge in [-0.15, -0.1) is 13.2 Å². The summed E-state index contributed by atoms with van der Waals surface area (Å²) in [7, 11) is 0. The van der Waals surface area contributed by atoms with Gasteiger partial charge >= 0.3 is 6.18 Å². The highest BCUT2D eigenvalue weighted by atomic mass is 19.4. The van der Waals surface area contributed by atoms with Gasteiger partial charge in [0.05, 0.1) is 11.1 Å². The molecular weight excluding hydrogens is 212 g/mol. The molecule has 0 heterocycles. The molecule has 82 valence electrons. The minimum absolute atomic E-state index is 0.0462. The van der Waals surface area contributed by atoms with E-state index in [0.717, 1.165) is 12.1 Å². The minimum atomic E-state index is -4.76. The van der Waals surface area contributed by atoms with Crippen LogP contribution in [0.3, 0.4) is 0 Å². The first-order valence-corrected chi connectivity index (χ1v) is 3.77. The SMILES string of the molecule is C=C.O=Cc1cccc(C(F)(F)F)c1F. The first kappa shape index (κ1) is 13.4. The van der Waals surface area contributed by atoms with Crippen LogP contribution in [0.1, 0.15) is 15.9 Å². The van der Waals surface area contributed by atoms with E-state index in [1.807, 2.05) is 0 Å². The molecular formula is C10H8F4O. The second-order valence-corrected chi connectivity index (χ2v) is 2.32. The Morgan fingerprint density at radius 2 is 1.73 bits per heavy atom. The normalized spacial score (nSPS) is 10.1. The monoisotopic (exact) mass is 220 g/mol. The first-order chi connectivity index (χ1) is 6.96. The van der Waals surface area contributed by atoms with Crippen molar-refractivity contribution in [2.75, 3.05) is 0 Å². The maximum Gasteiger partial charge on any atom is 0.419 e. The molecule has 0 saturated heterocycles. The van der Waals surface area contributed by atoms with Crippen molar-refractivity contribution in [2.45, 2.75) is 6.18 Å². The molecule has 0 N–H and O–H groups in total. The number of carbonyl (C=O) groups excluding carboxylic acids is 1. The lowest BCUT2D eigenvalue weighted by molar-refractivity contribution is -0.140. The van der Waals surface area contributed by atoms with E-state index in [-0.39, 0.29) is 6.29 Å². The summed E-state index contributed by atoms with van der Waals surface area (Å²) in [5.41, 5.74) is -2.01. The highest BCUT2D eigenvalue weighted by Gasteiger charge is 2.34. The van der Waals surface area contributed by atoms with E-state index in [1.165, 1.54) is 0 Å². The predicted molar refractivity (Wildman–Crippen MR) is 48.0 cm³/mol. The molecule has 0 aromatic heterocycles. The largest absolute Gasteiger partial charge is 0.419 e. The summed E-state index contributed by atoms with van der Waals surface area (Å²) in [6.45, 7) is 6.00. The summed E-state index contributed by atoms with van der Waals surface area (Å²) >= 11 is 0. The molecule has 0 aliphatic rings. The van der Waals surface area contributed by atoms with Gasteiger partial charge in [0.15, 0.2) is 6.29 Å². The van der Waals surface area contributed by atoms with Crippen molar-refractivity contribution >= 4 is 6.29 Å². The van der Waals surface area contributed by atoms with Crippen LogP contribution in [0.25, 0.3) is 0 Å². The molecule has 5 heteroatoms. The van der Waals surface area contributed by atoms with Crippen LogP contribution in [0.4, 0.5) is 17.6 Å². The lowest BCUT2D eigenvalue weighted by atomic mass is 10.1. The van der Waals surface area contributed by atoms with Crippen LogP contribution in [0.15, 0.2) is 31.4 Å². The molecule has 0 unspecified atom stereocenters. The van der Waals surface area contributed by atoms with Crippen molar-refractivity contribution in [1.29, 1.82) is 0 Å². The second kappa shape index (κ2) is 5.29. The van der Waals surface area contributed by atoms with Gasteiger partial charge in [0, 0.05) is 0 Å². The maximum atomic E-state index is 12.8. The van der Waals surface area contributed by atoms with Gasteiger partial charge in [0.1, 0.15) is 5.82 Å². The molecule has 0 aliphatic heterocycles. The second-order valence-electron chi connectivity index (χ2n) is 2.32. The third kappa shape index (κ3) is 3.19. The lowest BCUT2D eigenvalue weighted by Gasteiger charge is -2.07. The number of aldehydes is 1. The predicted octanol–water partition coefficient (Wildman–Crippen LogP) is 3.46. The van der Waals surface area contributed by atoms with Crippen molar-refractivity contribution < 1.29 is 22.4 Å². The Morgan fingerprint density at radius 1 is 1.20 bits per heavy atom. The van der Waals surface area contributed by atoms with Crippen molar-refractivity contribution in [1.82, 2.24) is 0 Å². The zero-order valence-corrected chi connectivity index (χ0v) is 7.64. The fourth-order valence-electron chi connectivity index (χ4n) is 0.860. The summed E-state index contributed by atoms with van der Waals surface area (Å²) in [5.74, 6) is -1.52. The van der Waals surface area contributed by atoms with Crippen molar-refractivity contribution in [3.63, 3.8) is 0 Å². The fourth-order valence-corrected chi connectivity index (χ4v) is 0.860. The number of rotatable bonds is 1. The van der Waals surface area contributed by atoms with E-state index >= 15 is 0 Å². The molecule has 0 radical (unpaired) electrons. The van der Waals surface area contributed by atoms with Crippen molar-refractivity contribution in [2.24, 2.45) is 0 Å². The third-order valence-electron chi connectivity index (χ3n) is 1.46. The van der Waals surface area contributed by atoms with Crippen LogP contribution in [-0.4, -0.2) is 6.29 Å².